The van der Waals surface area contributed by atoms with Gasteiger partial charge < -0.3 is 14.1 Å². The highest BCUT2D eigenvalue weighted by Crippen LogP contribution is 2.57. The summed E-state index contributed by atoms with van der Waals surface area (Å²) in [5.74, 6) is 1.25. The molecule has 5 heteroatoms. The number of nitrogens with zero attached hydrogens (tertiary/aromatic N) is 1. The Hall–Kier alpha value is -2.71. The number of anilines is 1. The Morgan fingerprint density at radius 2 is 1.58 bits per heavy atom. The molecule has 0 saturated carbocycles. The molecule has 3 aromatic rings. The summed E-state index contributed by atoms with van der Waals surface area (Å²) in [4.78, 5) is 0. The molecular formula is C21H20NO3P. The zero-order valence-electron chi connectivity index (χ0n) is 14.8. The molecule has 4 rings (SSSR count). The van der Waals surface area contributed by atoms with Crippen LogP contribution in [0.1, 0.15) is 5.56 Å². The largest absolute Gasteiger partial charge is 0.497 e. The van der Waals surface area contributed by atoms with Gasteiger partial charge in [-0.05, 0) is 35.9 Å². The molecule has 0 radical (unpaired) electrons. The Kier molecular flexibility index (Phi) is 4.21. The van der Waals surface area contributed by atoms with Crippen molar-refractivity contribution < 1.29 is 14.0 Å². The molecule has 4 nitrogen and oxygen atoms in total. The van der Waals surface area contributed by atoms with Gasteiger partial charge in [-0.1, -0.05) is 36.4 Å². The average molecular weight is 365 g/mol. The zero-order chi connectivity index (χ0) is 18.1. The second-order valence-corrected chi connectivity index (χ2v) is 8.73. The molecule has 0 aliphatic carbocycles. The minimum atomic E-state index is -3.08. The Labute approximate surface area is 153 Å². The molecule has 0 bridgehead atoms. The summed E-state index contributed by atoms with van der Waals surface area (Å²) in [7, 11) is 0.129. The second kappa shape index (κ2) is 6.54. The van der Waals surface area contributed by atoms with Crippen LogP contribution in [0.2, 0.25) is 0 Å². The monoisotopic (exact) mass is 365 g/mol. The van der Waals surface area contributed by atoms with Crippen molar-refractivity contribution in [1.82, 2.24) is 0 Å². The molecule has 1 unspecified atom stereocenters. The van der Waals surface area contributed by atoms with E-state index in [0.29, 0.717) is 23.3 Å². The normalized spacial score (nSPS) is 18.5. The van der Waals surface area contributed by atoms with Crippen molar-refractivity contribution in [3.8, 4) is 11.5 Å². The molecule has 1 aliphatic heterocycles. The Morgan fingerprint density at radius 3 is 2.31 bits per heavy atom. The molecule has 1 atom stereocenters. The van der Waals surface area contributed by atoms with Crippen molar-refractivity contribution in [2.75, 3.05) is 18.9 Å². The molecule has 0 N–H and O–H groups in total. The minimum absolute atomic E-state index is 0.574. The van der Waals surface area contributed by atoms with Gasteiger partial charge in [0.1, 0.15) is 11.5 Å². The molecular weight excluding hydrogens is 345 g/mol. The lowest BCUT2D eigenvalue weighted by Crippen LogP contribution is -2.25. The number of fused-ring (bicyclic) bond motifs is 1. The lowest BCUT2D eigenvalue weighted by molar-refractivity contribution is 0.396. The van der Waals surface area contributed by atoms with Gasteiger partial charge in [-0.15, -0.1) is 0 Å². The van der Waals surface area contributed by atoms with E-state index >= 15 is 0 Å². The molecule has 132 valence electrons. The lowest BCUT2D eigenvalue weighted by Gasteiger charge is -2.29. The summed E-state index contributed by atoms with van der Waals surface area (Å²) >= 11 is 0. The fourth-order valence-corrected chi connectivity index (χ4v) is 6.62. The van der Waals surface area contributed by atoms with Crippen molar-refractivity contribution in [3.63, 3.8) is 0 Å². The van der Waals surface area contributed by atoms with E-state index in [1.807, 2.05) is 71.4 Å². The Morgan fingerprint density at radius 1 is 0.846 bits per heavy atom. The first-order chi connectivity index (χ1) is 12.7. The molecule has 1 heterocycles. The first-order valence-corrected chi connectivity index (χ1v) is 10.1. The topological polar surface area (TPSA) is 38.8 Å². The highest BCUT2D eigenvalue weighted by Gasteiger charge is 2.44. The maximum atomic E-state index is 14.6. The van der Waals surface area contributed by atoms with Crippen molar-refractivity contribution in [3.05, 3.63) is 78.4 Å². The molecule has 0 amide bonds. The van der Waals surface area contributed by atoms with Gasteiger partial charge in [0.15, 0.2) is 0 Å². The third kappa shape index (κ3) is 2.49. The highest BCUT2D eigenvalue weighted by molar-refractivity contribution is 7.80. The molecule has 0 spiro atoms. The van der Waals surface area contributed by atoms with Crippen LogP contribution < -0.4 is 24.8 Å². The predicted octanol–water partition coefficient (Wildman–Crippen LogP) is 3.95. The van der Waals surface area contributed by atoms with Crippen LogP contribution in [0.15, 0.2) is 72.8 Å². The van der Waals surface area contributed by atoms with E-state index in [0.717, 1.165) is 16.6 Å². The molecule has 26 heavy (non-hydrogen) atoms. The number of ether oxygens (including phenoxy) is 2. The smallest absolute Gasteiger partial charge is 0.233 e. The average Bonchev–Trinajstić information content (AvgIpc) is 3.02. The Balaban J connectivity index is 1.97. The van der Waals surface area contributed by atoms with E-state index in [1.54, 1.807) is 20.3 Å². The van der Waals surface area contributed by atoms with E-state index in [4.69, 9.17) is 9.47 Å². The van der Waals surface area contributed by atoms with Gasteiger partial charge in [0, 0.05) is 17.1 Å². The van der Waals surface area contributed by atoms with Crippen LogP contribution in [0.4, 0.5) is 5.69 Å². The fourth-order valence-electron chi connectivity index (χ4n) is 3.48. The van der Waals surface area contributed by atoms with Crippen LogP contribution in [0, 0.1) is 0 Å². The minimum Gasteiger partial charge on any atom is -0.497 e. The summed E-state index contributed by atoms with van der Waals surface area (Å²) in [6, 6.07) is 23.3. The molecule has 3 aromatic carbocycles. The van der Waals surface area contributed by atoms with Crippen molar-refractivity contribution in [2.24, 2.45) is 0 Å². The zero-order valence-corrected chi connectivity index (χ0v) is 15.6. The maximum Gasteiger partial charge on any atom is 0.233 e. The SMILES string of the molecule is COc1ccc(P2(=O)c3ccccc3CN2c2ccccc2)c(OC)c1. The number of benzene rings is 3. The highest BCUT2D eigenvalue weighted by atomic mass is 31.2. The van der Waals surface area contributed by atoms with Crippen LogP contribution in [0.3, 0.4) is 0 Å². The summed E-state index contributed by atoms with van der Waals surface area (Å²) < 4.78 is 27.4. The first kappa shape index (κ1) is 16.7. The van der Waals surface area contributed by atoms with Crippen LogP contribution in [-0.2, 0) is 11.1 Å². The second-order valence-electron chi connectivity index (χ2n) is 6.14. The summed E-state index contributed by atoms with van der Waals surface area (Å²) in [5, 5.41) is 1.56. The molecule has 0 fully saturated rings. The van der Waals surface area contributed by atoms with Crippen molar-refractivity contribution in [1.29, 1.82) is 0 Å². The van der Waals surface area contributed by atoms with Crippen molar-refractivity contribution in [2.45, 2.75) is 6.54 Å². The van der Waals surface area contributed by atoms with Crippen LogP contribution >= 0.6 is 7.29 Å². The van der Waals surface area contributed by atoms with Gasteiger partial charge in [0.2, 0.25) is 7.29 Å². The van der Waals surface area contributed by atoms with E-state index in [1.165, 1.54) is 0 Å². The molecule has 0 saturated heterocycles. The third-order valence-corrected chi connectivity index (χ3v) is 7.91. The number of para-hydroxylation sites is 1. The number of hydrogen-bond donors (Lipinski definition) is 0. The number of hydrogen-bond acceptors (Lipinski definition) is 3. The van der Waals surface area contributed by atoms with Crippen LogP contribution in [0.5, 0.6) is 11.5 Å². The summed E-state index contributed by atoms with van der Waals surface area (Å²) in [5.41, 5.74) is 2.02. The standard InChI is InChI=1S/C21H20NO3P/c1-24-18-12-13-21(19(14-18)25-2)26(23)20-11-7-6-8-16(20)15-22(26)17-9-4-3-5-10-17/h3-14H,15H2,1-2H3. The summed E-state index contributed by atoms with van der Waals surface area (Å²) in [6.45, 7) is 0.604. The lowest BCUT2D eigenvalue weighted by atomic mass is 10.2. The van der Waals surface area contributed by atoms with Gasteiger partial charge >= 0.3 is 0 Å². The van der Waals surface area contributed by atoms with E-state index < -0.39 is 7.29 Å². The Bertz CT molecular complexity index is 988. The van der Waals surface area contributed by atoms with Gasteiger partial charge in [0.25, 0.3) is 0 Å². The van der Waals surface area contributed by atoms with E-state index in [-0.39, 0.29) is 0 Å². The summed E-state index contributed by atoms with van der Waals surface area (Å²) in [6.07, 6.45) is 0. The molecule has 0 aromatic heterocycles. The third-order valence-electron chi connectivity index (χ3n) is 4.75. The number of methoxy groups -OCH3 is 2. The van der Waals surface area contributed by atoms with Crippen LogP contribution in [-0.4, -0.2) is 14.2 Å². The van der Waals surface area contributed by atoms with E-state index in [9.17, 15) is 4.57 Å². The van der Waals surface area contributed by atoms with Gasteiger partial charge in [-0.25, -0.2) is 0 Å². The van der Waals surface area contributed by atoms with Crippen molar-refractivity contribution >= 4 is 23.6 Å². The fraction of sp³-hybridized carbons (Fsp3) is 0.143. The van der Waals surface area contributed by atoms with Gasteiger partial charge in [-0.3, -0.25) is 4.57 Å². The van der Waals surface area contributed by atoms with Crippen LogP contribution in [0.25, 0.3) is 0 Å². The molecule has 1 aliphatic rings. The quantitative estimate of drug-likeness (QED) is 0.656. The number of rotatable bonds is 4. The maximum absolute atomic E-state index is 14.6. The van der Waals surface area contributed by atoms with Gasteiger partial charge in [0.05, 0.1) is 26.1 Å². The predicted molar refractivity (Wildman–Crippen MR) is 105 cm³/mol. The first-order valence-electron chi connectivity index (χ1n) is 8.42. The van der Waals surface area contributed by atoms with E-state index in [2.05, 4.69) is 0 Å². The van der Waals surface area contributed by atoms with Gasteiger partial charge in [-0.2, -0.15) is 0 Å².